The summed E-state index contributed by atoms with van der Waals surface area (Å²) in [6.45, 7) is 6.04. The van der Waals surface area contributed by atoms with E-state index < -0.39 is 0 Å². The molecular weight excluding hydrogens is 912 g/mol. The van der Waals surface area contributed by atoms with Crippen LogP contribution in [0.4, 0.5) is 0 Å². The molecule has 51 heavy (non-hydrogen) atoms. The van der Waals surface area contributed by atoms with Gasteiger partial charge in [0, 0.05) is 40.8 Å². The molecule has 0 saturated carbocycles. The number of hydrogen-bond donors (Lipinski definition) is 0. The van der Waals surface area contributed by atoms with Gasteiger partial charge in [0.2, 0.25) is 0 Å². The van der Waals surface area contributed by atoms with E-state index in [1.807, 2.05) is 122 Å². The monoisotopic (exact) mass is 938 g/mol. The first kappa shape index (κ1) is 35.7. The van der Waals surface area contributed by atoms with E-state index in [1.165, 1.54) is 0 Å². The van der Waals surface area contributed by atoms with Gasteiger partial charge in [-0.2, -0.15) is 22.9 Å². The van der Waals surface area contributed by atoms with Gasteiger partial charge in [-0.05, 0) is 23.5 Å². The van der Waals surface area contributed by atoms with Gasteiger partial charge in [-0.25, -0.2) is 0 Å². The van der Waals surface area contributed by atoms with Crippen molar-refractivity contribution in [3.8, 4) is 51.5 Å². The molecule has 8 rings (SSSR count). The van der Waals surface area contributed by atoms with Crippen LogP contribution in [0.5, 0.6) is 23.0 Å². The van der Waals surface area contributed by atoms with Crippen LogP contribution < -0.4 is 9.47 Å². The summed E-state index contributed by atoms with van der Waals surface area (Å²) in [7, 11) is 0. The molecule has 0 aliphatic carbocycles. The topological polar surface area (TPSA) is 101 Å². The quantitative estimate of drug-likeness (QED) is 0.116. The maximum atomic E-state index is 6.28. The summed E-state index contributed by atoms with van der Waals surface area (Å²) >= 11 is 0. The number of nitrogens with zero attached hydrogens (tertiary/aromatic N) is 7. The summed E-state index contributed by atoms with van der Waals surface area (Å²) in [5.41, 5.74) is 4.26. The Labute approximate surface area is 323 Å². The van der Waals surface area contributed by atoms with Crippen LogP contribution in [0.3, 0.4) is 0 Å². The molecular formula is C40H27N7O2PdPt. The molecule has 0 saturated heterocycles. The van der Waals surface area contributed by atoms with Crippen LogP contribution in [0.15, 0.2) is 109 Å². The van der Waals surface area contributed by atoms with Crippen LogP contribution in [-0.4, -0.2) is 34.9 Å². The summed E-state index contributed by atoms with van der Waals surface area (Å²) < 4.78 is 14.4. The third-order valence-corrected chi connectivity index (χ3v) is 7.73. The van der Waals surface area contributed by atoms with E-state index in [0.717, 1.165) is 33.3 Å². The molecule has 0 unspecified atom stereocenters. The molecule has 4 aromatic carbocycles. The maximum Gasteiger partial charge on any atom is 2.00 e. The van der Waals surface area contributed by atoms with Crippen molar-refractivity contribution in [3.05, 3.63) is 140 Å². The van der Waals surface area contributed by atoms with E-state index in [2.05, 4.69) is 54.6 Å². The van der Waals surface area contributed by atoms with E-state index in [1.54, 1.807) is 12.4 Å². The van der Waals surface area contributed by atoms with E-state index >= 15 is 0 Å². The zero-order chi connectivity index (χ0) is 33.4. The Morgan fingerprint density at radius 2 is 1.00 bits per heavy atom. The molecule has 4 aromatic heterocycles. The molecule has 0 atom stereocenters. The number of fused-ring (bicyclic) bond motifs is 3. The zero-order valence-electron chi connectivity index (χ0n) is 27.5. The van der Waals surface area contributed by atoms with Crippen LogP contribution >= 0.6 is 0 Å². The molecule has 0 amide bonds. The van der Waals surface area contributed by atoms with Crippen molar-refractivity contribution in [2.24, 2.45) is 0 Å². The largest absolute Gasteiger partial charge is 2.00 e. The van der Waals surface area contributed by atoms with Crippen LogP contribution in [0.1, 0.15) is 26.6 Å². The van der Waals surface area contributed by atoms with Crippen molar-refractivity contribution in [3.63, 3.8) is 0 Å². The summed E-state index contributed by atoms with van der Waals surface area (Å²) in [4.78, 5) is 8.88. The molecule has 0 radical (unpaired) electrons. The summed E-state index contributed by atoms with van der Waals surface area (Å²) in [6.07, 6.45) is 3.50. The first-order valence-electron chi connectivity index (χ1n) is 15.6. The number of hydrogen-bond acceptors (Lipinski definition) is 8. The molecule has 4 heterocycles. The second kappa shape index (κ2) is 15.0. The molecule has 0 bridgehead atoms. The van der Waals surface area contributed by atoms with Crippen LogP contribution in [0, 0.1) is 24.3 Å². The van der Waals surface area contributed by atoms with Crippen molar-refractivity contribution in [1.29, 1.82) is 0 Å². The van der Waals surface area contributed by atoms with Crippen molar-refractivity contribution in [2.75, 3.05) is 0 Å². The zero-order valence-corrected chi connectivity index (χ0v) is 31.3. The Bertz CT molecular complexity index is 2290. The third-order valence-electron chi connectivity index (χ3n) is 7.73. The molecule has 9 nitrogen and oxygen atoms in total. The summed E-state index contributed by atoms with van der Waals surface area (Å²) in [5.74, 6) is 2.82. The fraction of sp³-hybridized carbons (Fsp3) is 0.100. The van der Waals surface area contributed by atoms with Crippen LogP contribution in [0.2, 0.25) is 0 Å². The third kappa shape index (κ3) is 7.50. The minimum Gasteiger partial charge on any atom is -0.503 e. The van der Waals surface area contributed by atoms with Crippen molar-refractivity contribution < 1.29 is 51.0 Å². The molecule has 0 aliphatic heterocycles. The van der Waals surface area contributed by atoms with Gasteiger partial charge in [0.15, 0.2) is 5.82 Å². The molecule has 0 N–H and O–H groups in total. The van der Waals surface area contributed by atoms with E-state index in [4.69, 9.17) is 9.47 Å². The van der Waals surface area contributed by atoms with Gasteiger partial charge in [0.05, 0.1) is 0 Å². The smallest absolute Gasteiger partial charge is 0.503 e. The molecule has 254 valence electrons. The SMILES string of the molecule is CC(C)(C)c1nnc(-n2c3[c-]c(Oc4[c-]c(-c5ccccn5)ccc4)ccc3c3ccc(Oc4[c-]c(-c5ccccn5)ccc4)[c-]c32)nn1.[Pd+2].[Pt+2]. The average molecular weight is 939 g/mol. The Morgan fingerprint density at radius 1 is 0.529 bits per heavy atom. The normalized spacial score (nSPS) is 11.1. The molecule has 11 heteroatoms. The van der Waals surface area contributed by atoms with Crippen LogP contribution in [-0.2, 0) is 46.9 Å². The van der Waals surface area contributed by atoms with Gasteiger partial charge < -0.3 is 24.0 Å². The van der Waals surface area contributed by atoms with Gasteiger partial charge in [0.25, 0.3) is 5.95 Å². The van der Waals surface area contributed by atoms with Gasteiger partial charge >= 0.3 is 41.5 Å². The number of ether oxygens (including phenoxy) is 2. The Hall–Kier alpha value is -5.13. The Balaban J connectivity index is 0.00000224. The summed E-state index contributed by atoms with van der Waals surface area (Å²) in [6, 6.07) is 44.1. The van der Waals surface area contributed by atoms with E-state index in [0.29, 0.717) is 39.9 Å². The Morgan fingerprint density at radius 3 is 1.43 bits per heavy atom. The predicted molar refractivity (Wildman–Crippen MR) is 185 cm³/mol. The second-order valence-corrected chi connectivity index (χ2v) is 12.3. The van der Waals surface area contributed by atoms with Crippen molar-refractivity contribution in [1.82, 2.24) is 34.9 Å². The van der Waals surface area contributed by atoms with Crippen molar-refractivity contribution in [2.45, 2.75) is 26.2 Å². The number of benzene rings is 4. The standard InChI is InChI=1S/C40H27N7O2.Pd.Pt/c1-40(2,3)38-43-45-39(46-44-38)47-36-24-30(48-28-12-8-10-26(22-28)34-14-4-6-20-41-34)16-18-32(36)33-19-17-31(25-37(33)47)49-29-13-9-11-27(23-29)35-15-5-7-21-42-35;;/h4-21H,1-3H3;;/q-4;2*+2. The number of rotatable bonds is 7. The first-order valence-corrected chi connectivity index (χ1v) is 15.6. The summed E-state index contributed by atoms with van der Waals surface area (Å²) in [5, 5.41) is 19.6. The Kier molecular flexibility index (Phi) is 10.5. The molecule has 0 aliphatic rings. The van der Waals surface area contributed by atoms with E-state index in [9.17, 15) is 0 Å². The first-order chi connectivity index (χ1) is 23.9. The molecule has 0 fully saturated rings. The van der Waals surface area contributed by atoms with Gasteiger partial charge in [-0.15, -0.1) is 92.2 Å². The second-order valence-electron chi connectivity index (χ2n) is 12.3. The average Bonchev–Trinajstić information content (AvgIpc) is 3.45. The number of aromatic nitrogens is 7. The minimum atomic E-state index is -0.319. The maximum absolute atomic E-state index is 6.28. The fourth-order valence-electron chi connectivity index (χ4n) is 5.35. The molecule has 0 spiro atoms. The predicted octanol–water partition coefficient (Wildman–Crippen LogP) is 8.57. The van der Waals surface area contributed by atoms with Crippen LogP contribution in [0.25, 0.3) is 50.3 Å². The fourth-order valence-corrected chi connectivity index (χ4v) is 5.35. The van der Waals surface area contributed by atoms with Gasteiger partial charge in [0.1, 0.15) is 0 Å². The minimum absolute atomic E-state index is 0. The van der Waals surface area contributed by atoms with Crippen molar-refractivity contribution >= 4 is 21.8 Å². The van der Waals surface area contributed by atoms with Gasteiger partial charge in [-0.1, -0.05) is 68.2 Å². The molecule has 8 aromatic rings. The number of pyridine rings is 2. The van der Waals surface area contributed by atoms with E-state index in [-0.39, 0.29) is 52.9 Å². The van der Waals surface area contributed by atoms with Gasteiger partial charge in [-0.3, -0.25) is 0 Å².